The van der Waals surface area contributed by atoms with Crippen LogP contribution in [-0.4, -0.2) is 49.1 Å². The third-order valence-corrected chi connectivity index (χ3v) is 5.88. The van der Waals surface area contributed by atoms with E-state index in [1.807, 2.05) is 6.07 Å². The number of carbonyl (C=O) groups excluding carboxylic acids is 2. The van der Waals surface area contributed by atoms with Crippen molar-refractivity contribution in [2.45, 2.75) is 18.8 Å². The van der Waals surface area contributed by atoms with E-state index in [1.54, 1.807) is 43.6 Å². The number of hydrogen-bond donors (Lipinski definition) is 0. The van der Waals surface area contributed by atoms with Crippen LogP contribution in [0.2, 0.25) is 0 Å². The molecule has 0 radical (unpaired) electrons. The lowest BCUT2D eigenvalue weighted by molar-refractivity contribution is 0.0600. The number of nitrogens with zero attached hydrogens (tertiary/aromatic N) is 4. The molecule has 0 spiro atoms. The lowest BCUT2D eigenvalue weighted by atomic mass is 9.90. The Morgan fingerprint density at radius 1 is 0.969 bits per heavy atom. The molecule has 0 bridgehead atoms. The number of ether oxygens (including phenoxy) is 1. The summed E-state index contributed by atoms with van der Waals surface area (Å²) in [5.41, 5.74) is 2.24. The molecule has 1 saturated heterocycles. The molecule has 0 unspecified atom stereocenters. The highest BCUT2D eigenvalue weighted by Crippen LogP contribution is 2.29. The van der Waals surface area contributed by atoms with Gasteiger partial charge in [0, 0.05) is 31.9 Å². The third kappa shape index (κ3) is 4.61. The molecule has 7 heteroatoms. The van der Waals surface area contributed by atoms with Gasteiger partial charge in [0.25, 0.3) is 5.91 Å². The summed E-state index contributed by atoms with van der Waals surface area (Å²) in [5, 5.41) is 0. The standard InChI is InChI=1S/C25H26N4O3/c1-28(23(30)20-8-10-21(11-9-20)24(31)32-2)22-12-15-26-25(27-22)29-16-13-19(14-17-29)18-6-4-3-5-7-18/h3-12,15,19H,13-14,16-17H2,1-2H3. The van der Waals surface area contributed by atoms with Gasteiger partial charge in [0.05, 0.1) is 12.7 Å². The lowest BCUT2D eigenvalue weighted by Crippen LogP contribution is -2.35. The first kappa shape index (κ1) is 21.5. The fourth-order valence-electron chi connectivity index (χ4n) is 3.98. The van der Waals surface area contributed by atoms with E-state index in [9.17, 15) is 9.59 Å². The summed E-state index contributed by atoms with van der Waals surface area (Å²) < 4.78 is 4.70. The molecule has 0 atom stereocenters. The van der Waals surface area contributed by atoms with Crippen molar-refractivity contribution in [2.24, 2.45) is 0 Å². The highest BCUT2D eigenvalue weighted by atomic mass is 16.5. The van der Waals surface area contributed by atoms with Crippen LogP contribution in [0.5, 0.6) is 0 Å². The quantitative estimate of drug-likeness (QED) is 0.571. The molecule has 164 valence electrons. The molecule has 1 aliphatic rings. The fraction of sp³-hybridized carbons (Fsp3) is 0.280. The molecule has 1 amide bonds. The predicted octanol–water partition coefficient (Wildman–Crippen LogP) is 3.92. The number of carbonyl (C=O) groups is 2. The van der Waals surface area contributed by atoms with Crippen molar-refractivity contribution in [1.29, 1.82) is 0 Å². The number of hydrogen-bond acceptors (Lipinski definition) is 6. The normalized spacial score (nSPS) is 14.1. The van der Waals surface area contributed by atoms with E-state index >= 15 is 0 Å². The maximum atomic E-state index is 12.9. The first-order valence-electron chi connectivity index (χ1n) is 10.7. The zero-order chi connectivity index (χ0) is 22.5. The number of piperidine rings is 1. The summed E-state index contributed by atoms with van der Waals surface area (Å²) in [6.45, 7) is 1.74. The second kappa shape index (κ2) is 9.60. The van der Waals surface area contributed by atoms with Crippen LogP contribution in [0.1, 0.15) is 45.0 Å². The molecular weight excluding hydrogens is 404 g/mol. The second-order valence-electron chi connectivity index (χ2n) is 7.82. The van der Waals surface area contributed by atoms with Gasteiger partial charge in [0.2, 0.25) is 5.95 Å². The molecule has 1 aliphatic heterocycles. The molecule has 1 aromatic heterocycles. The van der Waals surface area contributed by atoms with Gasteiger partial charge in [-0.3, -0.25) is 9.69 Å². The van der Waals surface area contributed by atoms with Gasteiger partial charge in [-0.2, -0.15) is 4.98 Å². The highest BCUT2D eigenvalue weighted by Gasteiger charge is 2.23. The van der Waals surface area contributed by atoms with E-state index in [0.717, 1.165) is 25.9 Å². The largest absolute Gasteiger partial charge is 0.465 e. The molecular formula is C25H26N4O3. The SMILES string of the molecule is COC(=O)c1ccc(C(=O)N(C)c2ccnc(N3CCC(c4ccccc4)CC3)n2)cc1. The Bertz CT molecular complexity index is 1080. The Balaban J connectivity index is 1.43. The van der Waals surface area contributed by atoms with Gasteiger partial charge >= 0.3 is 5.97 Å². The van der Waals surface area contributed by atoms with Crippen molar-refractivity contribution >= 4 is 23.6 Å². The maximum absolute atomic E-state index is 12.9. The maximum Gasteiger partial charge on any atom is 0.337 e. The average molecular weight is 431 g/mol. The molecule has 4 rings (SSSR count). The summed E-state index contributed by atoms with van der Waals surface area (Å²) >= 11 is 0. The van der Waals surface area contributed by atoms with E-state index in [1.165, 1.54) is 17.6 Å². The molecule has 0 saturated carbocycles. The van der Waals surface area contributed by atoms with E-state index in [2.05, 4.69) is 39.1 Å². The van der Waals surface area contributed by atoms with E-state index in [4.69, 9.17) is 4.74 Å². The topological polar surface area (TPSA) is 75.6 Å². The molecule has 1 fully saturated rings. The van der Waals surface area contributed by atoms with Crippen LogP contribution in [0.4, 0.5) is 11.8 Å². The number of rotatable bonds is 5. The minimum absolute atomic E-state index is 0.214. The Kier molecular flexibility index (Phi) is 6.44. The molecule has 0 N–H and O–H groups in total. The first-order valence-corrected chi connectivity index (χ1v) is 10.7. The molecule has 0 aliphatic carbocycles. The summed E-state index contributed by atoms with van der Waals surface area (Å²) in [5.74, 6) is 1.06. The van der Waals surface area contributed by atoms with Crippen LogP contribution in [-0.2, 0) is 4.74 Å². The van der Waals surface area contributed by atoms with Crippen molar-refractivity contribution < 1.29 is 14.3 Å². The number of aromatic nitrogens is 2. The molecule has 2 aromatic carbocycles. The highest BCUT2D eigenvalue weighted by molar-refractivity contribution is 6.05. The Morgan fingerprint density at radius 3 is 2.28 bits per heavy atom. The number of esters is 1. The zero-order valence-corrected chi connectivity index (χ0v) is 18.3. The summed E-state index contributed by atoms with van der Waals surface area (Å²) in [6, 6.07) is 18.7. The smallest absolute Gasteiger partial charge is 0.337 e. The number of benzene rings is 2. The minimum Gasteiger partial charge on any atom is -0.465 e. The van der Waals surface area contributed by atoms with Gasteiger partial charge in [0.1, 0.15) is 5.82 Å². The van der Waals surface area contributed by atoms with Gasteiger partial charge in [-0.15, -0.1) is 0 Å². The van der Waals surface area contributed by atoms with Crippen LogP contribution in [0.3, 0.4) is 0 Å². The van der Waals surface area contributed by atoms with Crippen molar-refractivity contribution in [1.82, 2.24) is 9.97 Å². The van der Waals surface area contributed by atoms with Gasteiger partial charge in [-0.1, -0.05) is 30.3 Å². The monoisotopic (exact) mass is 430 g/mol. The van der Waals surface area contributed by atoms with Crippen molar-refractivity contribution in [2.75, 3.05) is 37.0 Å². The van der Waals surface area contributed by atoms with Crippen LogP contribution < -0.4 is 9.80 Å². The molecule has 3 aromatic rings. The summed E-state index contributed by atoms with van der Waals surface area (Å²) in [7, 11) is 3.01. The van der Waals surface area contributed by atoms with Gasteiger partial charge in [-0.25, -0.2) is 9.78 Å². The minimum atomic E-state index is -0.436. The van der Waals surface area contributed by atoms with Crippen LogP contribution >= 0.6 is 0 Å². The number of anilines is 2. The van der Waals surface area contributed by atoms with Crippen molar-refractivity contribution in [3.8, 4) is 0 Å². The molecule has 2 heterocycles. The van der Waals surface area contributed by atoms with Crippen molar-refractivity contribution in [3.63, 3.8) is 0 Å². The number of methoxy groups -OCH3 is 1. The average Bonchev–Trinajstić information content (AvgIpc) is 2.88. The zero-order valence-electron chi connectivity index (χ0n) is 18.3. The van der Waals surface area contributed by atoms with Crippen LogP contribution in [0.25, 0.3) is 0 Å². The second-order valence-corrected chi connectivity index (χ2v) is 7.82. The van der Waals surface area contributed by atoms with Gasteiger partial charge in [0.15, 0.2) is 0 Å². The Hall–Kier alpha value is -3.74. The van der Waals surface area contributed by atoms with Crippen LogP contribution in [0, 0.1) is 0 Å². The molecule has 7 nitrogen and oxygen atoms in total. The lowest BCUT2D eigenvalue weighted by Gasteiger charge is -2.32. The van der Waals surface area contributed by atoms with E-state index in [0.29, 0.717) is 28.8 Å². The van der Waals surface area contributed by atoms with Crippen molar-refractivity contribution in [3.05, 3.63) is 83.6 Å². The van der Waals surface area contributed by atoms with Gasteiger partial charge < -0.3 is 9.64 Å². The Labute approximate surface area is 187 Å². The van der Waals surface area contributed by atoms with E-state index in [-0.39, 0.29) is 5.91 Å². The third-order valence-electron chi connectivity index (χ3n) is 5.88. The van der Waals surface area contributed by atoms with Crippen LogP contribution in [0.15, 0.2) is 66.9 Å². The molecule has 32 heavy (non-hydrogen) atoms. The predicted molar refractivity (Wildman–Crippen MR) is 123 cm³/mol. The van der Waals surface area contributed by atoms with Gasteiger partial charge in [-0.05, 0) is 54.7 Å². The van der Waals surface area contributed by atoms with E-state index < -0.39 is 5.97 Å². The number of amides is 1. The fourth-order valence-corrected chi connectivity index (χ4v) is 3.98. The summed E-state index contributed by atoms with van der Waals surface area (Å²) in [6.07, 6.45) is 3.77. The first-order chi connectivity index (χ1) is 15.6. The summed E-state index contributed by atoms with van der Waals surface area (Å²) in [4.78, 5) is 37.3. The Morgan fingerprint density at radius 2 is 1.62 bits per heavy atom.